The number of nitrogens with zero attached hydrogens (tertiary/aromatic N) is 2. The van der Waals surface area contributed by atoms with Gasteiger partial charge in [-0.3, -0.25) is 10.1 Å². The van der Waals surface area contributed by atoms with Crippen LogP contribution in [0.15, 0.2) is 18.3 Å². The fraction of sp³-hybridized carbons (Fsp3) is 0.375. The van der Waals surface area contributed by atoms with E-state index in [2.05, 4.69) is 9.72 Å². The van der Waals surface area contributed by atoms with E-state index < -0.39 is 17.5 Å². The molecule has 0 saturated heterocycles. The maximum Gasteiger partial charge on any atom is 0.287 e. The number of hydrogen-bond donors (Lipinski definition) is 0. The lowest BCUT2D eigenvalue weighted by Crippen LogP contribution is -2.21. The highest BCUT2D eigenvalue weighted by atomic mass is 19.3. The summed E-state index contributed by atoms with van der Waals surface area (Å²) in [6.07, 6.45) is 0.948. The quantitative estimate of drug-likeness (QED) is 0.572. The summed E-state index contributed by atoms with van der Waals surface area (Å²) in [5.74, 6) is -3.02. The second-order valence-corrected chi connectivity index (χ2v) is 2.97. The summed E-state index contributed by atoms with van der Waals surface area (Å²) in [6, 6.07) is 2.31. The van der Waals surface area contributed by atoms with Gasteiger partial charge < -0.3 is 4.74 Å². The SMILES string of the molecule is CC(F)(F)COc1ccc([N+](=O)[O-])cn1. The van der Waals surface area contributed by atoms with Crippen molar-refractivity contribution in [1.29, 1.82) is 0 Å². The summed E-state index contributed by atoms with van der Waals surface area (Å²) < 4.78 is 29.3. The third-order valence-electron chi connectivity index (χ3n) is 1.41. The number of halogens is 2. The van der Waals surface area contributed by atoms with E-state index in [9.17, 15) is 18.9 Å². The summed E-state index contributed by atoms with van der Waals surface area (Å²) in [5.41, 5.74) is -0.217. The van der Waals surface area contributed by atoms with Crippen molar-refractivity contribution in [2.75, 3.05) is 6.61 Å². The molecule has 0 aliphatic carbocycles. The van der Waals surface area contributed by atoms with E-state index >= 15 is 0 Å². The van der Waals surface area contributed by atoms with E-state index in [-0.39, 0.29) is 11.6 Å². The highest BCUT2D eigenvalue weighted by Crippen LogP contribution is 2.17. The van der Waals surface area contributed by atoms with Gasteiger partial charge in [0.25, 0.3) is 11.6 Å². The number of pyridine rings is 1. The van der Waals surface area contributed by atoms with Gasteiger partial charge in [0.1, 0.15) is 6.20 Å². The number of rotatable bonds is 4. The standard InChI is InChI=1S/C8H8F2N2O3/c1-8(9,10)5-15-7-3-2-6(4-11-7)12(13)14/h2-4H,5H2,1H3. The van der Waals surface area contributed by atoms with E-state index in [0.29, 0.717) is 6.92 Å². The first-order valence-corrected chi connectivity index (χ1v) is 3.99. The molecule has 1 heterocycles. The minimum absolute atomic E-state index is 0.0675. The summed E-state index contributed by atoms with van der Waals surface area (Å²) in [7, 11) is 0. The second kappa shape index (κ2) is 4.16. The second-order valence-electron chi connectivity index (χ2n) is 2.97. The van der Waals surface area contributed by atoms with Crippen molar-refractivity contribution in [3.63, 3.8) is 0 Å². The molecule has 0 amide bonds. The summed E-state index contributed by atoms with van der Waals surface area (Å²) in [4.78, 5) is 13.1. The largest absolute Gasteiger partial charge is 0.471 e. The van der Waals surface area contributed by atoms with Crippen LogP contribution in [0.4, 0.5) is 14.5 Å². The van der Waals surface area contributed by atoms with E-state index in [1.807, 2.05) is 0 Å². The maximum absolute atomic E-state index is 12.4. The van der Waals surface area contributed by atoms with Gasteiger partial charge in [0.15, 0.2) is 6.61 Å². The zero-order chi connectivity index (χ0) is 11.5. The molecule has 0 aliphatic rings. The molecule has 0 atom stereocenters. The molecule has 5 nitrogen and oxygen atoms in total. The topological polar surface area (TPSA) is 65.3 Å². The van der Waals surface area contributed by atoms with E-state index in [0.717, 1.165) is 12.3 Å². The Balaban J connectivity index is 2.61. The van der Waals surface area contributed by atoms with Gasteiger partial charge in [-0.2, -0.15) is 0 Å². The number of hydrogen-bond acceptors (Lipinski definition) is 4. The van der Waals surface area contributed by atoms with Gasteiger partial charge in [0.2, 0.25) is 5.88 Å². The zero-order valence-corrected chi connectivity index (χ0v) is 7.81. The Bertz CT molecular complexity index is 348. The molecule has 0 N–H and O–H groups in total. The summed E-state index contributed by atoms with van der Waals surface area (Å²) in [5, 5.41) is 10.2. The fourth-order valence-electron chi connectivity index (χ4n) is 0.767. The first-order valence-electron chi connectivity index (χ1n) is 3.99. The molecule has 0 aromatic carbocycles. The van der Waals surface area contributed by atoms with Crippen LogP contribution in [0, 0.1) is 10.1 Å². The lowest BCUT2D eigenvalue weighted by Gasteiger charge is -2.10. The molecule has 0 radical (unpaired) electrons. The van der Waals surface area contributed by atoms with Crippen LogP contribution in [0.5, 0.6) is 5.88 Å². The van der Waals surface area contributed by atoms with E-state index in [1.165, 1.54) is 6.07 Å². The molecule has 7 heteroatoms. The third-order valence-corrected chi connectivity index (χ3v) is 1.41. The van der Waals surface area contributed by atoms with Crippen LogP contribution in [-0.2, 0) is 0 Å². The molecule has 15 heavy (non-hydrogen) atoms. The normalized spacial score (nSPS) is 11.1. The van der Waals surface area contributed by atoms with Crippen molar-refractivity contribution in [1.82, 2.24) is 4.98 Å². The molecule has 82 valence electrons. The van der Waals surface area contributed by atoms with Gasteiger partial charge in [0, 0.05) is 19.1 Å². The van der Waals surface area contributed by atoms with Crippen LogP contribution >= 0.6 is 0 Å². The Labute approximate surface area is 83.8 Å². The molecule has 1 aromatic heterocycles. The number of ether oxygens (including phenoxy) is 1. The smallest absolute Gasteiger partial charge is 0.287 e. The van der Waals surface area contributed by atoms with Gasteiger partial charge in [0.05, 0.1) is 4.92 Å². The molecule has 0 fully saturated rings. The van der Waals surface area contributed by atoms with Gasteiger partial charge in [-0.1, -0.05) is 0 Å². The van der Waals surface area contributed by atoms with Crippen molar-refractivity contribution in [3.8, 4) is 5.88 Å². The van der Waals surface area contributed by atoms with Crippen LogP contribution < -0.4 is 4.74 Å². The highest BCUT2D eigenvalue weighted by molar-refractivity contribution is 5.28. The molecule has 1 aromatic rings. The maximum atomic E-state index is 12.4. The third kappa shape index (κ3) is 3.84. The Morgan fingerprint density at radius 2 is 2.27 bits per heavy atom. The number of alkyl halides is 2. The average molecular weight is 218 g/mol. The van der Waals surface area contributed by atoms with Gasteiger partial charge in [-0.15, -0.1) is 0 Å². The van der Waals surface area contributed by atoms with Crippen LogP contribution in [0.1, 0.15) is 6.92 Å². The average Bonchev–Trinajstić information content (AvgIpc) is 2.14. The van der Waals surface area contributed by atoms with Crippen LogP contribution in [0.2, 0.25) is 0 Å². The lowest BCUT2D eigenvalue weighted by molar-refractivity contribution is -0.385. The Morgan fingerprint density at radius 3 is 2.67 bits per heavy atom. The highest BCUT2D eigenvalue weighted by Gasteiger charge is 2.22. The van der Waals surface area contributed by atoms with E-state index in [1.54, 1.807) is 0 Å². The predicted molar refractivity (Wildman–Crippen MR) is 47.0 cm³/mol. The first kappa shape index (κ1) is 11.3. The fourth-order valence-corrected chi connectivity index (χ4v) is 0.767. The van der Waals surface area contributed by atoms with Crippen molar-refractivity contribution >= 4 is 5.69 Å². The molecule has 0 saturated carbocycles. The van der Waals surface area contributed by atoms with Crippen LogP contribution in [0.25, 0.3) is 0 Å². The van der Waals surface area contributed by atoms with Crippen LogP contribution in [0.3, 0.4) is 0 Å². The zero-order valence-electron chi connectivity index (χ0n) is 7.81. The minimum Gasteiger partial charge on any atom is -0.471 e. The van der Waals surface area contributed by atoms with Gasteiger partial charge in [-0.25, -0.2) is 13.8 Å². The molecular formula is C8H8F2N2O3. The minimum atomic E-state index is -2.95. The van der Waals surface area contributed by atoms with Crippen molar-refractivity contribution < 1.29 is 18.4 Å². The Morgan fingerprint density at radius 1 is 1.60 bits per heavy atom. The molecular weight excluding hydrogens is 210 g/mol. The summed E-state index contributed by atoms with van der Waals surface area (Å²) in [6.45, 7) is -0.101. The van der Waals surface area contributed by atoms with Crippen molar-refractivity contribution in [2.45, 2.75) is 12.8 Å². The van der Waals surface area contributed by atoms with Gasteiger partial charge in [-0.05, 0) is 0 Å². The summed E-state index contributed by atoms with van der Waals surface area (Å²) >= 11 is 0. The molecule has 1 rings (SSSR count). The number of nitro groups is 1. The monoisotopic (exact) mass is 218 g/mol. The first-order chi connectivity index (χ1) is 6.88. The van der Waals surface area contributed by atoms with Crippen molar-refractivity contribution in [2.24, 2.45) is 0 Å². The molecule has 0 unspecified atom stereocenters. The van der Waals surface area contributed by atoms with E-state index in [4.69, 9.17) is 0 Å². The Kier molecular flexibility index (Phi) is 3.13. The lowest BCUT2D eigenvalue weighted by atomic mass is 10.4. The van der Waals surface area contributed by atoms with Crippen molar-refractivity contribution in [3.05, 3.63) is 28.4 Å². The molecule has 0 spiro atoms. The van der Waals surface area contributed by atoms with Crippen LogP contribution in [-0.4, -0.2) is 22.4 Å². The molecule has 0 bridgehead atoms. The Hall–Kier alpha value is -1.79. The van der Waals surface area contributed by atoms with Gasteiger partial charge >= 0.3 is 0 Å². The predicted octanol–water partition coefficient (Wildman–Crippen LogP) is 2.02. The molecule has 0 aliphatic heterocycles. The number of aromatic nitrogens is 1.